The van der Waals surface area contributed by atoms with E-state index in [0.717, 1.165) is 20.1 Å². The van der Waals surface area contributed by atoms with Crippen LogP contribution in [0.15, 0.2) is 41.8 Å². The van der Waals surface area contributed by atoms with Crippen molar-refractivity contribution in [3.8, 4) is 5.75 Å². The highest BCUT2D eigenvalue weighted by atomic mass is 35.5. The number of thiazole rings is 1. The second-order valence-corrected chi connectivity index (χ2v) is 12.6. The maximum Gasteiger partial charge on any atom is 0.370 e. The van der Waals surface area contributed by atoms with Gasteiger partial charge in [-0.1, -0.05) is 41.5 Å². The fourth-order valence-electron chi connectivity index (χ4n) is 3.65. The summed E-state index contributed by atoms with van der Waals surface area (Å²) in [5.41, 5.74) is 2.30. The molecule has 3 heterocycles. The van der Waals surface area contributed by atoms with Gasteiger partial charge in [-0.15, -0.1) is 11.3 Å². The number of ether oxygens (including phenoxy) is 1. The van der Waals surface area contributed by atoms with Crippen LogP contribution < -0.4 is 14.2 Å². The largest absolute Gasteiger partial charge is 0.748 e. The minimum Gasteiger partial charge on any atom is -0.748 e. The Morgan fingerprint density at radius 2 is 2.06 bits per heavy atom. The Morgan fingerprint density at radius 3 is 2.74 bits per heavy atom. The number of fused-ring (bicyclic) bond motifs is 2. The molecule has 1 N–H and O–H groups in total. The molecule has 0 bridgehead atoms. The number of allylic oxidation sites excluding steroid dienone is 2. The van der Waals surface area contributed by atoms with Crippen molar-refractivity contribution < 1.29 is 32.2 Å². The fraction of sp³-hybridized carbons (Fsp3) is 0.273. The predicted octanol–water partition coefficient (Wildman–Crippen LogP) is 5.11. The highest BCUT2D eigenvalue weighted by molar-refractivity contribution is 7.85. The predicted molar refractivity (Wildman–Crippen MR) is 138 cm³/mol. The lowest BCUT2D eigenvalue weighted by Gasteiger charge is -2.19. The van der Waals surface area contributed by atoms with Gasteiger partial charge in [-0.25, -0.2) is 13.2 Å². The third kappa shape index (κ3) is 6.16. The van der Waals surface area contributed by atoms with Gasteiger partial charge in [0.2, 0.25) is 17.9 Å². The number of carboxylic acids is 1. The van der Waals surface area contributed by atoms with E-state index >= 15 is 0 Å². The first-order valence-electron chi connectivity index (χ1n) is 10.5. The SMILES string of the molecule is CCC(=Cc1sc2sc(Cl)cc2[n+]1CC(=O)O)C=C1Oc2ccc(Cl)cc2N1CCCS(=O)(=O)[O-]. The summed E-state index contributed by atoms with van der Waals surface area (Å²) < 4.78 is 42.5. The first-order valence-corrected chi connectivity index (χ1v) is 14.4. The molecular weight excluding hydrogens is 555 g/mol. The van der Waals surface area contributed by atoms with Gasteiger partial charge in [0.05, 0.1) is 15.8 Å². The van der Waals surface area contributed by atoms with Crippen LogP contribution in [0.5, 0.6) is 5.75 Å². The van der Waals surface area contributed by atoms with Crippen molar-refractivity contribution in [1.82, 2.24) is 0 Å². The molecule has 1 aliphatic heterocycles. The Balaban J connectivity index is 1.71. The van der Waals surface area contributed by atoms with Gasteiger partial charge in [0.15, 0.2) is 9.76 Å². The first kappa shape index (κ1) is 25.9. The molecule has 0 amide bonds. The Kier molecular flexibility index (Phi) is 7.74. The Hall–Kier alpha value is -2.15. The summed E-state index contributed by atoms with van der Waals surface area (Å²) in [6, 6.07) is 6.90. The van der Waals surface area contributed by atoms with E-state index in [9.17, 15) is 22.9 Å². The fourth-order valence-corrected chi connectivity index (χ4v) is 7.03. The summed E-state index contributed by atoms with van der Waals surface area (Å²) in [6.07, 6.45) is 4.46. The third-order valence-corrected chi connectivity index (χ3v) is 8.71. The molecule has 1 aromatic carbocycles. The average Bonchev–Trinajstić information content (AvgIpc) is 3.38. The van der Waals surface area contributed by atoms with Crippen molar-refractivity contribution in [3.63, 3.8) is 0 Å². The summed E-state index contributed by atoms with van der Waals surface area (Å²) >= 11 is 15.1. The number of hydrogen-bond acceptors (Lipinski definition) is 8. The van der Waals surface area contributed by atoms with Crippen LogP contribution in [-0.4, -0.2) is 36.3 Å². The Morgan fingerprint density at radius 1 is 1.29 bits per heavy atom. The monoisotopic (exact) mass is 574 g/mol. The van der Waals surface area contributed by atoms with Crippen LogP contribution in [0.3, 0.4) is 0 Å². The number of aromatic nitrogens is 1. The molecule has 186 valence electrons. The van der Waals surface area contributed by atoms with Crippen molar-refractivity contribution in [2.45, 2.75) is 26.3 Å². The highest BCUT2D eigenvalue weighted by Crippen LogP contribution is 2.41. The molecule has 0 atom stereocenters. The van der Waals surface area contributed by atoms with E-state index in [-0.39, 0.29) is 19.5 Å². The standard InChI is InChI=1S/C22H20Cl2N2O6S3/c1-2-13(9-20-26(12-21(27)28)16-11-18(24)33-22(16)34-20)8-19-25(6-3-7-35(29,30)31)15-10-14(23)4-5-17(15)32-19/h4-5,8-11H,2-3,6-7,12H2,1H3,(H-,27,28,29,30,31). The topological polar surface area (TPSA) is 111 Å². The average molecular weight is 576 g/mol. The number of benzene rings is 1. The van der Waals surface area contributed by atoms with E-state index < -0.39 is 21.8 Å². The number of aliphatic carboxylic acids is 1. The highest BCUT2D eigenvalue weighted by Gasteiger charge is 2.28. The normalized spacial score (nSPS) is 15.1. The minimum absolute atomic E-state index is 0.115. The summed E-state index contributed by atoms with van der Waals surface area (Å²) in [6.45, 7) is 2.00. The molecule has 2 aromatic heterocycles. The van der Waals surface area contributed by atoms with Crippen LogP contribution in [-0.2, 0) is 21.5 Å². The number of carbonyl (C=O) groups is 1. The van der Waals surface area contributed by atoms with Crippen LogP contribution in [0.1, 0.15) is 24.8 Å². The molecule has 1 aliphatic rings. The third-order valence-electron chi connectivity index (χ3n) is 5.19. The van der Waals surface area contributed by atoms with Crippen LogP contribution in [0.2, 0.25) is 9.36 Å². The van der Waals surface area contributed by atoms with Gasteiger partial charge in [0.25, 0.3) is 5.01 Å². The molecule has 0 aliphatic carbocycles. The summed E-state index contributed by atoms with van der Waals surface area (Å²) in [7, 11) is -4.34. The first-order chi connectivity index (χ1) is 16.5. The van der Waals surface area contributed by atoms with E-state index in [2.05, 4.69) is 0 Å². The van der Waals surface area contributed by atoms with Crippen LogP contribution >= 0.6 is 45.9 Å². The van der Waals surface area contributed by atoms with E-state index in [4.69, 9.17) is 27.9 Å². The molecule has 35 heavy (non-hydrogen) atoms. The molecule has 8 nitrogen and oxygen atoms in total. The molecule has 0 fully saturated rings. The van der Waals surface area contributed by atoms with Crippen molar-refractivity contribution in [2.24, 2.45) is 0 Å². The summed E-state index contributed by atoms with van der Waals surface area (Å²) in [4.78, 5) is 13.3. The maximum atomic E-state index is 11.5. The van der Waals surface area contributed by atoms with E-state index in [1.165, 1.54) is 22.7 Å². The van der Waals surface area contributed by atoms with E-state index in [1.807, 2.05) is 19.1 Å². The minimum atomic E-state index is -4.34. The molecule has 13 heteroatoms. The van der Waals surface area contributed by atoms with Crippen LogP contribution in [0, 0.1) is 0 Å². The van der Waals surface area contributed by atoms with Gasteiger partial charge in [0, 0.05) is 35.5 Å². The Labute approximate surface area is 220 Å². The Bertz CT molecular complexity index is 1460. The molecule has 0 spiro atoms. The lowest BCUT2D eigenvalue weighted by atomic mass is 10.2. The molecule has 3 aromatic rings. The second kappa shape index (κ2) is 10.5. The van der Waals surface area contributed by atoms with Crippen molar-refractivity contribution in [2.75, 3.05) is 17.2 Å². The van der Waals surface area contributed by atoms with Gasteiger partial charge < -0.3 is 19.3 Å². The van der Waals surface area contributed by atoms with Crippen LogP contribution in [0.4, 0.5) is 5.69 Å². The van der Waals surface area contributed by atoms with Gasteiger partial charge in [-0.3, -0.25) is 0 Å². The number of rotatable bonds is 9. The maximum absolute atomic E-state index is 11.5. The zero-order chi connectivity index (χ0) is 25.3. The molecular formula is C22H20Cl2N2O6S3. The van der Waals surface area contributed by atoms with Crippen molar-refractivity contribution >= 4 is 83.3 Å². The number of anilines is 1. The quantitative estimate of drug-likeness (QED) is 0.279. The summed E-state index contributed by atoms with van der Waals surface area (Å²) in [5, 5.41) is 10.7. The smallest absolute Gasteiger partial charge is 0.370 e. The molecule has 0 unspecified atom stereocenters. The van der Waals surface area contributed by atoms with Gasteiger partial charge in [0.1, 0.15) is 4.34 Å². The van der Waals surface area contributed by atoms with Crippen molar-refractivity contribution in [1.29, 1.82) is 0 Å². The number of hydrogen-bond donors (Lipinski definition) is 1. The lowest BCUT2D eigenvalue weighted by molar-refractivity contribution is -0.657. The van der Waals surface area contributed by atoms with Gasteiger partial charge >= 0.3 is 5.97 Å². The number of carboxylic acid groups (broad SMARTS) is 1. The summed E-state index contributed by atoms with van der Waals surface area (Å²) in [5.74, 6) is -0.431. The van der Waals surface area contributed by atoms with Crippen LogP contribution in [0.25, 0.3) is 15.6 Å². The number of halogens is 2. The van der Waals surface area contributed by atoms with E-state index in [0.29, 0.717) is 33.1 Å². The lowest BCUT2D eigenvalue weighted by Crippen LogP contribution is -2.39. The molecule has 0 saturated heterocycles. The second-order valence-electron chi connectivity index (χ2n) is 7.68. The zero-order valence-electron chi connectivity index (χ0n) is 18.4. The zero-order valence-corrected chi connectivity index (χ0v) is 22.3. The number of nitrogens with zero attached hydrogens (tertiary/aromatic N) is 2. The molecule has 0 radical (unpaired) electrons. The van der Waals surface area contributed by atoms with E-state index in [1.54, 1.807) is 33.7 Å². The van der Waals surface area contributed by atoms with Gasteiger partial charge in [-0.05, 0) is 36.6 Å². The van der Waals surface area contributed by atoms with Gasteiger partial charge in [-0.2, -0.15) is 4.57 Å². The molecule has 4 rings (SSSR count). The molecule has 0 saturated carbocycles. The number of thiophene rings is 1. The van der Waals surface area contributed by atoms with Crippen molar-refractivity contribution in [3.05, 3.63) is 56.2 Å².